The maximum absolute atomic E-state index is 9.31. The fraction of sp³-hybridized carbons (Fsp3) is 0.182. The zero-order chi connectivity index (χ0) is 9.42. The average Bonchev–Trinajstić information content (AvgIpc) is 2.12. The van der Waals surface area contributed by atoms with Crippen LogP contribution in [-0.4, -0.2) is 10.1 Å². The third-order valence-corrected chi connectivity index (χ3v) is 2.29. The van der Waals surface area contributed by atoms with Crippen molar-refractivity contribution in [2.24, 2.45) is 0 Å². The number of phenolic OH excluding ortho intramolecular Hbond substituents is 1. The summed E-state index contributed by atoms with van der Waals surface area (Å²) in [5.74, 6) is 0.281. The van der Waals surface area contributed by atoms with Crippen LogP contribution in [-0.2, 0) is 0 Å². The quantitative estimate of drug-likeness (QED) is 0.661. The number of aryl methyl sites for hydroxylation is 2. The van der Waals surface area contributed by atoms with E-state index in [2.05, 4.69) is 11.2 Å². The van der Waals surface area contributed by atoms with Gasteiger partial charge < -0.3 is 5.11 Å². The number of phenols is 1. The van der Waals surface area contributed by atoms with Crippen molar-refractivity contribution in [3.63, 3.8) is 0 Å². The molecule has 0 saturated heterocycles. The van der Waals surface area contributed by atoms with Crippen LogP contribution in [0.15, 0.2) is 18.2 Å². The van der Waals surface area contributed by atoms with E-state index >= 15 is 0 Å². The summed E-state index contributed by atoms with van der Waals surface area (Å²) in [5.41, 5.74) is 3.03. The first-order valence-electron chi connectivity index (χ1n) is 4.16. The summed E-state index contributed by atoms with van der Waals surface area (Å²) >= 11 is 0. The fourth-order valence-electron chi connectivity index (χ4n) is 1.35. The molecule has 0 unspecified atom stereocenters. The summed E-state index contributed by atoms with van der Waals surface area (Å²) in [7, 11) is 0. The maximum atomic E-state index is 9.31. The van der Waals surface area contributed by atoms with E-state index in [0.29, 0.717) is 0 Å². The largest absolute Gasteiger partial charge is 0.508 e. The van der Waals surface area contributed by atoms with Crippen molar-refractivity contribution in [1.82, 2.24) is 4.98 Å². The van der Waals surface area contributed by atoms with Crippen molar-refractivity contribution in [3.05, 3.63) is 35.5 Å². The molecule has 0 aliphatic heterocycles. The first-order chi connectivity index (χ1) is 6.18. The van der Waals surface area contributed by atoms with Crippen molar-refractivity contribution >= 4 is 10.9 Å². The minimum atomic E-state index is 0.281. The van der Waals surface area contributed by atoms with Gasteiger partial charge in [0.1, 0.15) is 5.75 Å². The number of fused-ring (bicyclic) bond motifs is 1. The van der Waals surface area contributed by atoms with Crippen molar-refractivity contribution in [2.45, 2.75) is 13.8 Å². The van der Waals surface area contributed by atoms with E-state index in [0.717, 1.165) is 22.0 Å². The number of aromatic nitrogens is 1. The molecule has 0 aliphatic carbocycles. The molecule has 65 valence electrons. The second kappa shape index (κ2) is 2.73. The van der Waals surface area contributed by atoms with E-state index in [1.54, 1.807) is 18.2 Å². The zero-order valence-corrected chi connectivity index (χ0v) is 7.63. The normalized spacial score (nSPS) is 10.6. The molecule has 0 saturated carbocycles. The number of nitrogens with zero attached hydrogens (tertiary/aromatic N) is 1. The number of hydrogen-bond donors (Lipinski definition) is 1. The lowest BCUT2D eigenvalue weighted by atomic mass is 10.1. The second-order valence-electron chi connectivity index (χ2n) is 3.18. The Morgan fingerprint density at radius 2 is 2.08 bits per heavy atom. The number of aromatic hydroxyl groups is 1. The molecule has 1 aromatic heterocycles. The van der Waals surface area contributed by atoms with Crippen LogP contribution in [0.2, 0.25) is 0 Å². The molecule has 0 atom stereocenters. The molecule has 1 N–H and O–H groups in total. The Morgan fingerprint density at radius 1 is 1.31 bits per heavy atom. The lowest BCUT2D eigenvalue weighted by molar-refractivity contribution is 0.476. The lowest BCUT2D eigenvalue weighted by Crippen LogP contribution is -1.87. The van der Waals surface area contributed by atoms with Gasteiger partial charge in [0.25, 0.3) is 0 Å². The van der Waals surface area contributed by atoms with Crippen molar-refractivity contribution in [1.29, 1.82) is 0 Å². The van der Waals surface area contributed by atoms with Crippen molar-refractivity contribution in [3.8, 4) is 5.75 Å². The van der Waals surface area contributed by atoms with E-state index in [1.165, 1.54) is 0 Å². The molecule has 2 heteroatoms. The Kier molecular flexibility index (Phi) is 1.69. The second-order valence-corrected chi connectivity index (χ2v) is 3.18. The summed E-state index contributed by atoms with van der Waals surface area (Å²) in [4.78, 5) is 4.15. The third-order valence-electron chi connectivity index (χ3n) is 2.29. The molecule has 1 radical (unpaired) electrons. The van der Waals surface area contributed by atoms with Crippen LogP contribution in [0.25, 0.3) is 10.9 Å². The van der Waals surface area contributed by atoms with E-state index in [-0.39, 0.29) is 5.75 Å². The van der Waals surface area contributed by atoms with Gasteiger partial charge in [0, 0.05) is 5.39 Å². The first kappa shape index (κ1) is 8.05. The Morgan fingerprint density at radius 3 is 2.85 bits per heavy atom. The predicted octanol–water partition coefficient (Wildman–Crippen LogP) is 2.36. The minimum Gasteiger partial charge on any atom is -0.508 e. The van der Waals surface area contributed by atoms with Crippen molar-refractivity contribution < 1.29 is 5.11 Å². The molecule has 0 fully saturated rings. The van der Waals surface area contributed by atoms with Gasteiger partial charge in [-0.2, -0.15) is 0 Å². The molecule has 2 rings (SSSR count). The molecule has 13 heavy (non-hydrogen) atoms. The van der Waals surface area contributed by atoms with E-state index in [1.807, 2.05) is 13.8 Å². The maximum Gasteiger partial charge on any atom is 0.116 e. The monoisotopic (exact) mass is 172 g/mol. The van der Waals surface area contributed by atoms with Gasteiger partial charge in [-0.3, -0.25) is 0 Å². The van der Waals surface area contributed by atoms with E-state index in [4.69, 9.17) is 0 Å². The number of benzene rings is 1. The summed E-state index contributed by atoms with van der Waals surface area (Å²) in [6.45, 7) is 3.97. The van der Waals surface area contributed by atoms with Gasteiger partial charge in [0.05, 0.1) is 11.7 Å². The molecule has 1 aromatic carbocycles. The Hall–Kier alpha value is -1.57. The zero-order valence-electron chi connectivity index (χ0n) is 7.63. The Labute approximate surface area is 76.9 Å². The summed E-state index contributed by atoms with van der Waals surface area (Å²) in [6, 6.07) is 5.17. The molecular weight excluding hydrogens is 162 g/mol. The molecule has 0 spiro atoms. The fourth-order valence-corrected chi connectivity index (χ4v) is 1.35. The highest BCUT2D eigenvalue weighted by Gasteiger charge is 2.02. The Balaban J connectivity index is 2.89. The number of rotatable bonds is 0. The van der Waals surface area contributed by atoms with Gasteiger partial charge in [-0.1, -0.05) is 0 Å². The smallest absolute Gasteiger partial charge is 0.116 e. The molecule has 2 nitrogen and oxygen atoms in total. The van der Waals surface area contributed by atoms with Gasteiger partial charge >= 0.3 is 0 Å². The molecule has 0 bridgehead atoms. The standard InChI is InChI=1S/C11H10NO/c1-7-6-12-11-4-3-9(13)5-10(11)8(7)2/h3-5,13H,1-2H3. The number of pyridine rings is 1. The molecule has 1 heterocycles. The summed E-state index contributed by atoms with van der Waals surface area (Å²) in [6.07, 6.45) is 2.93. The highest BCUT2D eigenvalue weighted by Crippen LogP contribution is 2.22. The van der Waals surface area contributed by atoms with Crippen LogP contribution >= 0.6 is 0 Å². The topological polar surface area (TPSA) is 33.1 Å². The van der Waals surface area contributed by atoms with Gasteiger partial charge in [0.15, 0.2) is 0 Å². The minimum absolute atomic E-state index is 0.281. The van der Waals surface area contributed by atoms with Gasteiger partial charge in [0.2, 0.25) is 0 Å². The van der Waals surface area contributed by atoms with Crippen LogP contribution in [0.4, 0.5) is 0 Å². The van der Waals surface area contributed by atoms with Crippen LogP contribution in [0.3, 0.4) is 0 Å². The molecule has 2 aromatic rings. The van der Waals surface area contributed by atoms with Gasteiger partial charge in [-0.25, -0.2) is 4.98 Å². The Bertz CT molecular complexity index is 458. The van der Waals surface area contributed by atoms with Gasteiger partial charge in [-0.05, 0) is 43.2 Å². The van der Waals surface area contributed by atoms with Gasteiger partial charge in [-0.15, -0.1) is 0 Å². The average molecular weight is 172 g/mol. The predicted molar refractivity (Wildman–Crippen MR) is 51.7 cm³/mol. The molecule has 0 aliphatic rings. The van der Waals surface area contributed by atoms with E-state index in [9.17, 15) is 5.11 Å². The van der Waals surface area contributed by atoms with Crippen LogP contribution in [0.5, 0.6) is 5.75 Å². The molecule has 0 amide bonds. The first-order valence-corrected chi connectivity index (χ1v) is 4.16. The number of hydrogen-bond acceptors (Lipinski definition) is 2. The summed E-state index contributed by atoms with van der Waals surface area (Å²) in [5, 5.41) is 10.3. The molecular formula is C11H10NO. The highest BCUT2D eigenvalue weighted by atomic mass is 16.3. The van der Waals surface area contributed by atoms with Crippen LogP contribution < -0.4 is 0 Å². The van der Waals surface area contributed by atoms with Crippen molar-refractivity contribution in [2.75, 3.05) is 0 Å². The summed E-state index contributed by atoms with van der Waals surface area (Å²) < 4.78 is 0. The van der Waals surface area contributed by atoms with Crippen LogP contribution in [0, 0.1) is 20.0 Å². The van der Waals surface area contributed by atoms with Crippen LogP contribution in [0.1, 0.15) is 11.1 Å². The third kappa shape index (κ3) is 1.24. The SMILES string of the molecule is Cc1[c]nc2ccc(O)cc2c1C. The lowest BCUT2D eigenvalue weighted by Gasteiger charge is -2.03. The van der Waals surface area contributed by atoms with E-state index < -0.39 is 0 Å². The highest BCUT2D eigenvalue weighted by molar-refractivity contribution is 5.83.